The minimum absolute atomic E-state index is 0.0380. The van der Waals surface area contributed by atoms with E-state index in [1.807, 2.05) is 18.7 Å². The molecule has 0 spiro atoms. The number of hydrogen-bond donors (Lipinski definition) is 1. The van der Waals surface area contributed by atoms with Gasteiger partial charge in [-0.1, -0.05) is 33.1 Å². The third kappa shape index (κ3) is 8.92. The maximum absolute atomic E-state index is 13.7. The van der Waals surface area contributed by atoms with Crippen LogP contribution in [0.15, 0.2) is 0 Å². The van der Waals surface area contributed by atoms with Gasteiger partial charge in [0.2, 0.25) is 17.7 Å². The van der Waals surface area contributed by atoms with Gasteiger partial charge in [0.1, 0.15) is 6.04 Å². The zero-order chi connectivity index (χ0) is 31.8. The Morgan fingerprint density at radius 1 is 0.932 bits per heavy atom. The molecule has 0 radical (unpaired) electrons. The smallest absolute Gasteiger partial charge is 0.242 e. The molecule has 0 aromatic carbocycles. The summed E-state index contributed by atoms with van der Waals surface area (Å²) in [5.41, 5.74) is 2.02. The van der Waals surface area contributed by atoms with Crippen molar-refractivity contribution in [1.82, 2.24) is 29.8 Å². The van der Waals surface area contributed by atoms with Crippen LogP contribution in [0.1, 0.15) is 113 Å². The van der Waals surface area contributed by atoms with Gasteiger partial charge in [-0.3, -0.25) is 23.9 Å². The van der Waals surface area contributed by atoms with Crippen LogP contribution in [0.25, 0.3) is 0 Å². The number of amides is 3. The van der Waals surface area contributed by atoms with E-state index in [4.69, 9.17) is 0 Å². The molecule has 1 aliphatic carbocycles. The normalized spacial score (nSPS) is 23.1. The van der Waals surface area contributed by atoms with Crippen LogP contribution in [-0.2, 0) is 20.9 Å². The number of ketones is 1. The van der Waals surface area contributed by atoms with Crippen molar-refractivity contribution in [3.05, 3.63) is 17.0 Å². The first-order valence-electron chi connectivity index (χ1n) is 17.2. The predicted octanol–water partition coefficient (Wildman–Crippen LogP) is 4.12. The first-order chi connectivity index (χ1) is 21.0. The first kappa shape index (κ1) is 34.1. The van der Waals surface area contributed by atoms with Crippen molar-refractivity contribution < 1.29 is 19.2 Å². The van der Waals surface area contributed by atoms with Crippen LogP contribution >= 0.6 is 0 Å². The number of Topliss-reactive ketones (excluding diaryl/α,β-unsaturated/α-hetero) is 1. The van der Waals surface area contributed by atoms with Crippen LogP contribution in [0.2, 0.25) is 0 Å². The van der Waals surface area contributed by atoms with Crippen molar-refractivity contribution in [2.24, 2.45) is 11.8 Å². The lowest BCUT2D eigenvalue weighted by molar-refractivity contribution is -0.139. The van der Waals surface area contributed by atoms with Gasteiger partial charge >= 0.3 is 0 Å². The fourth-order valence-corrected chi connectivity index (χ4v) is 7.59. The molecule has 1 aromatic rings. The average Bonchev–Trinajstić information content (AvgIpc) is 3.53. The third-order valence-corrected chi connectivity index (χ3v) is 9.83. The fraction of sp³-hybridized carbons (Fsp3) is 0.794. The van der Waals surface area contributed by atoms with Crippen LogP contribution < -0.4 is 5.32 Å². The van der Waals surface area contributed by atoms with Crippen molar-refractivity contribution in [2.45, 2.75) is 124 Å². The molecule has 3 aliphatic rings. The highest BCUT2D eigenvalue weighted by Gasteiger charge is 2.42. The Hall–Kier alpha value is -2.75. The molecule has 1 N–H and O–H groups in total. The second kappa shape index (κ2) is 16.0. The molecular weight excluding hydrogens is 556 g/mol. The highest BCUT2D eigenvalue weighted by molar-refractivity contribution is 5.96. The summed E-state index contributed by atoms with van der Waals surface area (Å²) < 4.78 is 1.72. The van der Waals surface area contributed by atoms with Gasteiger partial charge in [0.15, 0.2) is 5.78 Å². The number of carbonyl (C=O) groups is 4. The SMILES string of the molecule is CC(=O)c1c(C)nn(CCC(=O)N2C[C@@H]3C[C@H]2C(=O)NCCCCN(CC2CCCCC2)CCCN3C(=O)CC(C)C)c1C. The standard InChI is InChI=1S/C34H56N6O4/c1-24(2)20-32(43)38-18-11-17-37(22-28-12-7-6-8-13-28)16-10-9-15-35-34(44)30-21-29(38)23-39(30)31(42)14-19-40-26(4)33(27(5)41)25(3)36-40/h24,28-30H,6-23H2,1-5H3,(H,35,44)/t29-,30-/m0/s1. The topological polar surface area (TPSA) is 108 Å². The number of hydrogen-bond acceptors (Lipinski definition) is 6. The molecule has 2 atom stereocenters. The molecule has 2 saturated heterocycles. The first-order valence-corrected chi connectivity index (χ1v) is 17.2. The number of carbonyl (C=O) groups excluding carboxylic acids is 4. The molecule has 44 heavy (non-hydrogen) atoms. The minimum Gasteiger partial charge on any atom is -0.354 e. The molecule has 1 saturated carbocycles. The lowest BCUT2D eigenvalue weighted by atomic mass is 9.89. The number of nitrogens with one attached hydrogen (secondary N) is 1. The predicted molar refractivity (Wildman–Crippen MR) is 171 cm³/mol. The van der Waals surface area contributed by atoms with E-state index < -0.39 is 6.04 Å². The van der Waals surface area contributed by atoms with Crippen molar-refractivity contribution in [2.75, 3.05) is 39.3 Å². The van der Waals surface area contributed by atoms with Gasteiger partial charge in [-0.05, 0) is 84.2 Å². The van der Waals surface area contributed by atoms with E-state index in [1.165, 1.54) is 39.0 Å². The second-order valence-corrected chi connectivity index (χ2v) is 13.9. The van der Waals surface area contributed by atoms with E-state index in [-0.39, 0.29) is 41.9 Å². The Kier molecular flexibility index (Phi) is 12.4. The van der Waals surface area contributed by atoms with Crippen LogP contribution in [0.4, 0.5) is 0 Å². The van der Waals surface area contributed by atoms with E-state index in [1.54, 1.807) is 9.58 Å². The zero-order valence-electron chi connectivity index (χ0n) is 27.9. The summed E-state index contributed by atoms with van der Waals surface area (Å²) in [7, 11) is 0. The lowest BCUT2D eigenvalue weighted by Gasteiger charge is -2.33. The van der Waals surface area contributed by atoms with E-state index in [0.29, 0.717) is 50.3 Å². The quantitative estimate of drug-likeness (QED) is 0.443. The van der Waals surface area contributed by atoms with E-state index in [9.17, 15) is 19.2 Å². The molecule has 10 heteroatoms. The molecule has 3 heterocycles. The highest BCUT2D eigenvalue weighted by Crippen LogP contribution is 2.27. The van der Waals surface area contributed by atoms with Crippen molar-refractivity contribution in [3.8, 4) is 0 Å². The molecular formula is C34H56N6O4. The van der Waals surface area contributed by atoms with E-state index in [2.05, 4.69) is 29.2 Å². The van der Waals surface area contributed by atoms with Crippen LogP contribution in [-0.4, -0.2) is 99.3 Å². The summed E-state index contributed by atoms with van der Waals surface area (Å²) in [6.45, 7) is 14.4. The molecule has 3 fully saturated rings. The summed E-state index contributed by atoms with van der Waals surface area (Å²) in [4.78, 5) is 59.2. The summed E-state index contributed by atoms with van der Waals surface area (Å²) in [6.07, 6.45) is 10.6. The minimum atomic E-state index is -0.596. The number of fused-ring (bicyclic) bond motifs is 2. The maximum Gasteiger partial charge on any atom is 0.242 e. The highest BCUT2D eigenvalue weighted by atomic mass is 16.2. The van der Waals surface area contributed by atoms with Gasteiger partial charge in [-0.25, -0.2) is 0 Å². The summed E-state index contributed by atoms with van der Waals surface area (Å²) >= 11 is 0. The molecule has 10 nitrogen and oxygen atoms in total. The van der Waals surface area contributed by atoms with Gasteiger partial charge in [0.25, 0.3) is 0 Å². The van der Waals surface area contributed by atoms with E-state index >= 15 is 0 Å². The number of rotatable bonds is 8. The molecule has 2 aliphatic heterocycles. The van der Waals surface area contributed by atoms with Gasteiger partial charge in [-0.2, -0.15) is 5.10 Å². The monoisotopic (exact) mass is 612 g/mol. The van der Waals surface area contributed by atoms with Gasteiger partial charge in [0.05, 0.1) is 17.3 Å². The van der Waals surface area contributed by atoms with Crippen LogP contribution in [0.3, 0.4) is 0 Å². The van der Waals surface area contributed by atoms with Crippen LogP contribution in [0, 0.1) is 25.7 Å². The number of likely N-dealkylation sites (tertiary alicyclic amines) is 1. The fourth-order valence-electron chi connectivity index (χ4n) is 7.59. The van der Waals surface area contributed by atoms with Crippen molar-refractivity contribution in [1.29, 1.82) is 0 Å². The summed E-state index contributed by atoms with van der Waals surface area (Å²) in [5.74, 6) is 0.826. The van der Waals surface area contributed by atoms with E-state index in [0.717, 1.165) is 50.5 Å². The maximum atomic E-state index is 13.7. The van der Waals surface area contributed by atoms with Gasteiger partial charge < -0.3 is 20.0 Å². The number of aryl methyl sites for hydroxylation is 2. The summed E-state index contributed by atoms with van der Waals surface area (Å²) in [5, 5.41) is 7.62. The Bertz CT molecular complexity index is 1160. The number of aromatic nitrogens is 2. The molecule has 246 valence electrons. The van der Waals surface area contributed by atoms with Crippen LogP contribution in [0.5, 0.6) is 0 Å². The molecule has 1 aromatic heterocycles. The third-order valence-electron chi connectivity index (χ3n) is 9.83. The molecule has 0 unspecified atom stereocenters. The lowest BCUT2D eigenvalue weighted by Crippen LogP contribution is -2.46. The molecule has 4 rings (SSSR count). The number of nitrogens with zero attached hydrogens (tertiary/aromatic N) is 5. The molecule has 2 bridgehead atoms. The Balaban J connectivity index is 1.49. The zero-order valence-corrected chi connectivity index (χ0v) is 27.9. The second-order valence-electron chi connectivity index (χ2n) is 13.9. The molecule has 3 amide bonds. The van der Waals surface area contributed by atoms with Crippen molar-refractivity contribution >= 4 is 23.5 Å². The average molecular weight is 613 g/mol. The Morgan fingerprint density at radius 3 is 2.34 bits per heavy atom. The largest absolute Gasteiger partial charge is 0.354 e. The summed E-state index contributed by atoms with van der Waals surface area (Å²) in [6, 6.07) is -0.783. The van der Waals surface area contributed by atoms with Gasteiger partial charge in [0, 0.05) is 51.3 Å². The Morgan fingerprint density at radius 2 is 1.66 bits per heavy atom. The Labute approximate surface area is 264 Å². The van der Waals surface area contributed by atoms with Crippen molar-refractivity contribution in [3.63, 3.8) is 0 Å². The van der Waals surface area contributed by atoms with Gasteiger partial charge in [-0.15, -0.1) is 0 Å².